The molecule has 2 aromatic carbocycles. The molecule has 0 amide bonds. The number of fused-ring (bicyclic) bond motifs is 1. The predicted octanol–water partition coefficient (Wildman–Crippen LogP) is 5.79. The average Bonchev–Trinajstić information content (AvgIpc) is 3.50. The molecule has 0 bridgehead atoms. The quantitative estimate of drug-likeness (QED) is 0.163. The molecule has 0 aliphatic heterocycles. The molecular weight excluding hydrogens is 476 g/mol. The van der Waals surface area contributed by atoms with E-state index < -0.39 is 16.1 Å². The Morgan fingerprint density at radius 3 is 2.78 bits per heavy atom. The van der Waals surface area contributed by atoms with Gasteiger partial charge in [-0.25, -0.2) is 0 Å². The van der Waals surface area contributed by atoms with Crippen molar-refractivity contribution in [3.05, 3.63) is 83.9 Å². The lowest BCUT2D eigenvalue weighted by Crippen LogP contribution is -2.25. The van der Waals surface area contributed by atoms with Crippen molar-refractivity contribution < 1.29 is 23.2 Å². The van der Waals surface area contributed by atoms with Crippen molar-refractivity contribution in [2.45, 2.75) is 45.5 Å². The first-order valence-corrected chi connectivity index (χ1v) is 12.9. The second-order valence-corrected chi connectivity index (χ2v) is 11.2. The number of ether oxygens (including phenoxy) is 2. The molecule has 0 saturated heterocycles. The molecule has 0 radical (unpaired) electrons. The van der Waals surface area contributed by atoms with Crippen LogP contribution in [0.25, 0.3) is 16.7 Å². The second-order valence-electron chi connectivity index (χ2n) is 9.28. The Kier molecular flexibility index (Phi) is 7.86. The maximum Gasteiger partial charge on any atom is 0.310 e. The molecule has 1 unspecified atom stereocenters. The van der Waals surface area contributed by atoms with Crippen LogP contribution in [0.5, 0.6) is 5.75 Å². The Bertz CT molecular complexity index is 1370. The second kappa shape index (κ2) is 11.1. The fraction of sp³-hybridized carbons (Fsp3) is 0.286. The summed E-state index contributed by atoms with van der Waals surface area (Å²) in [5.74, 6) is 0.361. The van der Waals surface area contributed by atoms with Gasteiger partial charge in [-0.2, -0.15) is 0 Å². The highest BCUT2D eigenvalue weighted by Crippen LogP contribution is 2.28. The van der Waals surface area contributed by atoms with Crippen molar-refractivity contribution >= 4 is 34.5 Å². The van der Waals surface area contributed by atoms with Gasteiger partial charge in [0, 0.05) is 28.9 Å². The van der Waals surface area contributed by atoms with Gasteiger partial charge in [-0.05, 0) is 63.6 Å². The summed E-state index contributed by atoms with van der Waals surface area (Å²) < 4.78 is 35.0. The lowest BCUT2D eigenvalue weighted by Gasteiger charge is -2.17. The largest absolute Gasteiger partial charge is 0.591 e. The molecule has 0 fully saturated rings. The van der Waals surface area contributed by atoms with Crippen LogP contribution < -0.4 is 4.74 Å². The summed E-state index contributed by atoms with van der Waals surface area (Å²) >= 11 is -1.32. The van der Waals surface area contributed by atoms with Gasteiger partial charge in [0.25, 0.3) is 0 Å². The van der Waals surface area contributed by atoms with Crippen LogP contribution in [-0.4, -0.2) is 32.7 Å². The summed E-state index contributed by atoms with van der Waals surface area (Å²) in [4.78, 5) is 12.0. The van der Waals surface area contributed by atoms with Gasteiger partial charge in [-0.15, -0.1) is 0 Å². The van der Waals surface area contributed by atoms with Crippen LogP contribution in [0.2, 0.25) is 0 Å². The van der Waals surface area contributed by atoms with Crippen LogP contribution in [0.4, 0.5) is 0 Å². The van der Waals surface area contributed by atoms with E-state index in [-0.39, 0.29) is 12.4 Å². The zero-order chi connectivity index (χ0) is 25.7. The highest BCUT2D eigenvalue weighted by atomic mass is 32.2. The lowest BCUT2D eigenvalue weighted by atomic mass is 10.1. The van der Waals surface area contributed by atoms with Crippen molar-refractivity contribution in [3.8, 4) is 11.4 Å². The molecule has 0 saturated carbocycles. The van der Waals surface area contributed by atoms with Crippen molar-refractivity contribution in [2.24, 2.45) is 4.40 Å². The number of esters is 1. The van der Waals surface area contributed by atoms with E-state index in [1.807, 2.05) is 86.3 Å². The van der Waals surface area contributed by atoms with Gasteiger partial charge in [0.2, 0.25) is 0 Å². The summed E-state index contributed by atoms with van der Waals surface area (Å²) in [6, 6.07) is 15.3. The first-order valence-electron chi connectivity index (χ1n) is 11.8. The van der Waals surface area contributed by atoms with Crippen LogP contribution in [0.15, 0.2) is 76.0 Å². The van der Waals surface area contributed by atoms with Crippen molar-refractivity contribution in [2.75, 3.05) is 6.61 Å². The van der Waals surface area contributed by atoms with Crippen LogP contribution in [0.3, 0.4) is 0 Å². The van der Waals surface area contributed by atoms with E-state index in [0.29, 0.717) is 19.0 Å². The standard InChI is InChI=1S/C28H30N2O5S/c1-5-33-26(31)16-22-8-6-7-9-25(22)35-19-21-14-23-11-13-34-27(23)24(15-21)30-12-10-20(18-30)17-29-36(32)28(2,3)4/h6-15,17-18H,5,16,19H2,1-4H3/b29-17+. The van der Waals surface area contributed by atoms with E-state index in [4.69, 9.17) is 13.9 Å². The molecule has 0 spiro atoms. The fourth-order valence-corrected chi connectivity index (χ4v) is 4.16. The average molecular weight is 507 g/mol. The molecule has 1 atom stereocenters. The van der Waals surface area contributed by atoms with Gasteiger partial charge in [0.05, 0.1) is 31.2 Å². The molecule has 8 heteroatoms. The van der Waals surface area contributed by atoms with E-state index in [0.717, 1.165) is 33.3 Å². The maximum absolute atomic E-state index is 12.3. The van der Waals surface area contributed by atoms with E-state index in [1.165, 1.54) is 0 Å². The molecule has 188 valence electrons. The summed E-state index contributed by atoms with van der Waals surface area (Å²) in [6.07, 6.45) is 7.28. The third-order valence-corrected chi connectivity index (χ3v) is 6.76. The summed E-state index contributed by atoms with van der Waals surface area (Å²) in [6.45, 7) is 8.12. The Labute approximate surface area is 214 Å². The number of carbonyl (C=O) groups excluding carboxylic acids is 1. The molecule has 0 aliphatic carbocycles. The van der Waals surface area contributed by atoms with Crippen LogP contribution in [0, 0.1) is 0 Å². The number of nitrogens with zero attached hydrogens (tertiary/aromatic N) is 2. The Morgan fingerprint density at radius 1 is 1.19 bits per heavy atom. The topological polar surface area (TPSA) is 89.0 Å². The van der Waals surface area contributed by atoms with Crippen LogP contribution >= 0.6 is 0 Å². The van der Waals surface area contributed by atoms with Gasteiger partial charge >= 0.3 is 5.97 Å². The number of hydrogen-bond acceptors (Lipinski definition) is 6. The molecular formula is C28H30N2O5S. The molecule has 4 rings (SSSR count). The van der Waals surface area contributed by atoms with E-state index >= 15 is 0 Å². The van der Waals surface area contributed by atoms with E-state index in [1.54, 1.807) is 19.4 Å². The lowest BCUT2D eigenvalue weighted by molar-refractivity contribution is -0.142. The number of aromatic nitrogens is 1. The number of furan rings is 1. The Hall–Kier alpha value is -3.49. The van der Waals surface area contributed by atoms with Crippen molar-refractivity contribution in [3.63, 3.8) is 0 Å². The van der Waals surface area contributed by atoms with Gasteiger partial charge < -0.3 is 23.0 Å². The van der Waals surface area contributed by atoms with Gasteiger partial charge in [-0.1, -0.05) is 22.6 Å². The molecule has 36 heavy (non-hydrogen) atoms. The van der Waals surface area contributed by atoms with Crippen LogP contribution in [-0.2, 0) is 33.9 Å². The smallest absolute Gasteiger partial charge is 0.310 e. The number of rotatable bonds is 9. The van der Waals surface area contributed by atoms with Gasteiger partial charge in [0.15, 0.2) is 5.58 Å². The van der Waals surface area contributed by atoms with Crippen molar-refractivity contribution in [1.82, 2.24) is 4.57 Å². The highest BCUT2D eigenvalue weighted by molar-refractivity contribution is 7.91. The number of carbonyl (C=O) groups is 1. The minimum Gasteiger partial charge on any atom is -0.591 e. The summed E-state index contributed by atoms with van der Waals surface area (Å²) in [7, 11) is 0. The highest BCUT2D eigenvalue weighted by Gasteiger charge is 2.25. The normalized spacial score (nSPS) is 12.8. The molecule has 4 aromatic rings. The number of benzene rings is 2. The van der Waals surface area contributed by atoms with Crippen LogP contribution in [0.1, 0.15) is 44.4 Å². The predicted molar refractivity (Wildman–Crippen MR) is 142 cm³/mol. The van der Waals surface area contributed by atoms with Gasteiger partial charge in [0.1, 0.15) is 28.5 Å². The van der Waals surface area contributed by atoms with E-state index in [2.05, 4.69) is 4.40 Å². The maximum atomic E-state index is 12.3. The SMILES string of the molecule is CCOC(=O)Cc1ccccc1OCc1cc(-n2ccc(/C=N/[S+]([O-])C(C)(C)C)c2)c2occc2c1. The minimum atomic E-state index is -1.32. The third-order valence-electron chi connectivity index (χ3n) is 5.41. The first kappa shape index (κ1) is 25.6. The monoisotopic (exact) mass is 506 g/mol. The Morgan fingerprint density at radius 2 is 2.00 bits per heavy atom. The number of para-hydroxylation sites is 1. The van der Waals surface area contributed by atoms with Crippen molar-refractivity contribution in [1.29, 1.82) is 0 Å². The number of hydrogen-bond donors (Lipinski definition) is 0. The first-order chi connectivity index (χ1) is 17.2. The molecule has 2 heterocycles. The molecule has 2 aromatic heterocycles. The Balaban J connectivity index is 1.56. The summed E-state index contributed by atoms with van der Waals surface area (Å²) in [5.41, 5.74) is 4.17. The van der Waals surface area contributed by atoms with E-state index in [9.17, 15) is 9.35 Å². The molecule has 0 N–H and O–H groups in total. The molecule has 0 aliphatic rings. The fourth-order valence-electron chi connectivity index (χ4n) is 3.62. The zero-order valence-corrected chi connectivity index (χ0v) is 21.7. The zero-order valence-electron chi connectivity index (χ0n) is 20.9. The third kappa shape index (κ3) is 6.19. The van der Waals surface area contributed by atoms with Gasteiger partial charge in [-0.3, -0.25) is 4.79 Å². The summed E-state index contributed by atoms with van der Waals surface area (Å²) in [5, 5.41) is 0.948. The molecule has 7 nitrogen and oxygen atoms in total. The minimum absolute atomic E-state index is 0.156.